The first-order valence-electron chi connectivity index (χ1n) is 6.14. The van der Waals surface area contributed by atoms with Gasteiger partial charge in [-0.3, -0.25) is 0 Å². The van der Waals surface area contributed by atoms with Crippen molar-refractivity contribution in [2.75, 3.05) is 37.6 Å². The van der Waals surface area contributed by atoms with Crippen LogP contribution in [0, 0.1) is 0 Å². The zero-order chi connectivity index (χ0) is 13.5. The van der Waals surface area contributed by atoms with E-state index < -0.39 is 0 Å². The molecule has 18 heavy (non-hydrogen) atoms. The summed E-state index contributed by atoms with van der Waals surface area (Å²) in [6, 6.07) is 1.85. The van der Waals surface area contributed by atoms with Crippen LogP contribution in [0.2, 0.25) is 0 Å². The number of hydrogen-bond acceptors (Lipinski definition) is 6. The van der Waals surface area contributed by atoms with Crippen LogP contribution in [0.4, 0.5) is 11.6 Å². The first-order chi connectivity index (χ1) is 8.58. The van der Waals surface area contributed by atoms with Gasteiger partial charge in [-0.15, -0.1) is 0 Å². The fourth-order valence-electron chi connectivity index (χ4n) is 1.54. The highest BCUT2D eigenvalue weighted by atomic mass is 16.5. The van der Waals surface area contributed by atoms with Crippen molar-refractivity contribution in [3.63, 3.8) is 0 Å². The number of hydrogen-bond donors (Lipinski definition) is 2. The Morgan fingerprint density at radius 2 is 2.17 bits per heavy atom. The van der Waals surface area contributed by atoms with Crippen molar-refractivity contribution in [2.45, 2.75) is 26.2 Å². The van der Waals surface area contributed by atoms with Gasteiger partial charge in [0.1, 0.15) is 17.5 Å². The predicted molar refractivity (Wildman–Crippen MR) is 73.7 cm³/mol. The Labute approximate surface area is 109 Å². The summed E-state index contributed by atoms with van der Waals surface area (Å²) in [4.78, 5) is 10.9. The molecule has 1 heterocycles. The van der Waals surface area contributed by atoms with E-state index in [0.717, 1.165) is 31.2 Å². The van der Waals surface area contributed by atoms with Crippen molar-refractivity contribution >= 4 is 11.6 Å². The molecule has 6 heteroatoms. The van der Waals surface area contributed by atoms with Crippen molar-refractivity contribution in [1.82, 2.24) is 9.97 Å². The highest BCUT2D eigenvalue weighted by Gasteiger charge is 2.10. The average Bonchev–Trinajstić information content (AvgIpc) is 2.38. The van der Waals surface area contributed by atoms with Gasteiger partial charge < -0.3 is 15.1 Å². The van der Waals surface area contributed by atoms with E-state index in [1.165, 1.54) is 0 Å². The molecule has 0 aliphatic heterocycles. The zero-order valence-corrected chi connectivity index (χ0v) is 11.6. The summed E-state index contributed by atoms with van der Waals surface area (Å²) in [7, 11) is 3.71. The molecule has 102 valence electrons. The molecule has 0 bridgehead atoms. The fraction of sp³-hybridized carbons (Fsp3) is 0.667. The van der Waals surface area contributed by atoms with Crippen LogP contribution in [0.5, 0.6) is 0 Å². The topological polar surface area (TPSA) is 76.3 Å². The quantitative estimate of drug-likeness (QED) is 0.434. The molecule has 0 aliphatic carbocycles. The molecule has 0 fully saturated rings. The molecule has 0 saturated heterocycles. The highest BCUT2D eigenvalue weighted by Crippen LogP contribution is 2.18. The van der Waals surface area contributed by atoms with Crippen molar-refractivity contribution in [3.8, 4) is 0 Å². The second kappa shape index (κ2) is 7.13. The third kappa shape index (κ3) is 4.12. The molecular formula is C12H23N5O. The lowest BCUT2D eigenvalue weighted by Gasteiger charge is -2.20. The number of nitrogen functional groups attached to an aromatic ring is 1. The minimum absolute atomic E-state index is 0.268. The summed E-state index contributed by atoms with van der Waals surface area (Å²) in [5, 5.41) is 0. The van der Waals surface area contributed by atoms with Crippen LogP contribution in [0.15, 0.2) is 6.07 Å². The third-order valence-corrected chi connectivity index (χ3v) is 2.63. The number of ether oxygens (including phenoxy) is 1. The minimum atomic E-state index is 0.268. The number of nitrogens with zero attached hydrogens (tertiary/aromatic N) is 3. The van der Waals surface area contributed by atoms with E-state index in [1.54, 1.807) is 7.11 Å². The van der Waals surface area contributed by atoms with Gasteiger partial charge in [0.05, 0.1) is 0 Å². The van der Waals surface area contributed by atoms with Crippen LogP contribution in [0.25, 0.3) is 0 Å². The molecule has 0 spiro atoms. The number of aromatic nitrogens is 2. The Hall–Kier alpha value is -1.40. The second-order valence-corrected chi connectivity index (χ2v) is 4.54. The smallest absolute Gasteiger partial charge is 0.145 e. The number of hydrazine groups is 1. The van der Waals surface area contributed by atoms with E-state index >= 15 is 0 Å². The van der Waals surface area contributed by atoms with Crippen LogP contribution in [-0.4, -0.2) is 37.3 Å². The lowest BCUT2D eigenvalue weighted by molar-refractivity contribution is 0.196. The molecule has 0 saturated carbocycles. The van der Waals surface area contributed by atoms with Crippen molar-refractivity contribution in [2.24, 2.45) is 5.84 Å². The number of rotatable bonds is 7. The first-order valence-corrected chi connectivity index (χ1v) is 6.14. The molecule has 0 radical (unpaired) electrons. The Morgan fingerprint density at radius 1 is 1.44 bits per heavy atom. The van der Waals surface area contributed by atoms with Gasteiger partial charge in [0.2, 0.25) is 0 Å². The monoisotopic (exact) mass is 253 g/mol. The van der Waals surface area contributed by atoms with E-state index in [1.807, 2.05) is 13.1 Å². The molecule has 1 aromatic heterocycles. The van der Waals surface area contributed by atoms with Gasteiger partial charge in [-0.05, 0) is 6.42 Å². The largest absolute Gasteiger partial charge is 0.385 e. The van der Waals surface area contributed by atoms with E-state index in [4.69, 9.17) is 10.6 Å². The molecule has 0 atom stereocenters. The predicted octanol–water partition coefficient (Wildman–Crippen LogP) is 1.36. The average molecular weight is 253 g/mol. The Kier molecular flexibility index (Phi) is 5.80. The molecule has 1 aromatic rings. The maximum absolute atomic E-state index is 5.43. The van der Waals surface area contributed by atoms with E-state index in [9.17, 15) is 0 Å². The van der Waals surface area contributed by atoms with E-state index in [0.29, 0.717) is 5.82 Å². The fourth-order valence-corrected chi connectivity index (χ4v) is 1.54. The van der Waals surface area contributed by atoms with Gasteiger partial charge in [-0.1, -0.05) is 13.8 Å². The van der Waals surface area contributed by atoms with Gasteiger partial charge >= 0.3 is 0 Å². The summed E-state index contributed by atoms with van der Waals surface area (Å²) in [6.07, 6.45) is 0.958. The van der Waals surface area contributed by atoms with Crippen molar-refractivity contribution < 1.29 is 4.74 Å². The number of nitrogens with one attached hydrogen (secondary N) is 1. The minimum Gasteiger partial charge on any atom is -0.385 e. The summed E-state index contributed by atoms with van der Waals surface area (Å²) in [6.45, 7) is 5.75. The molecular weight excluding hydrogens is 230 g/mol. The molecule has 3 N–H and O–H groups in total. The molecule has 0 amide bonds. The van der Waals surface area contributed by atoms with Crippen LogP contribution >= 0.6 is 0 Å². The lowest BCUT2D eigenvalue weighted by Crippen LogP contribution is -2.22. The van der Waals surface area contributed by atoms with E-state index in [2.05, 4.69) is 34.1 Å². The lowest BCUT2D eigenvalue weighted by atomic mass is 10.2. The first kappa shape index (κ1) is 14.7. The molecule has 6 nitrogen and oxygen atoms in total. The molecule has 0 unspecified atom stereocenters. The maximum atomic E-state index is 5.43. The summed E-state index contributed by atoms with van der Waals surface area (Å²) < 4.78 is 5.04. The standard InChI is InChI=1S/C12H23N5O/c1-9(2)12-14-10(16-13)8-11(15-12)17(3)6-5-7-18-4/h8-9H,5-7,13H2,1-4H3,(H,14,15,16). The molecule has 0 aromatic carbocycles. The SMILES string of the molecule is COCCCN(C)c1cc(NN)nc(C(C)C)n1. The third-order valence-electron chi connectivity index (χ3n) is 2.63. The van der Waals surface area contributed by atoms with Crippen LogP contribution < -0.4 is 16.2 Å². The molecule has 0 aliphatic rings. The summed E-state index contributed by atoms with van der Waals surface area (Å²) >= 11 is 0. The van der Waals surface area contributed by atoms with Gasteiger partial charge in [-0.25, -0.2) is 15.8 Å². The van der Waals surface area contributed by atoms with Crippen molar-refractivity contribution in [1.29, 1.82) is 0 Å². The Balaban J connectivity index is 2.82. The Morgan fingerprint density at radius 3 is 2.72 bits per heavy atom. The van der Waals surface area contributed by atoms with Crippen molar-refractivity contribution in [3.05, 3.63) is 11.9 Å². The maximum Gasteiger partial charge on any atom is 0.145 e. The summed E-state index contributed by atoms with van der Waals surface area (Å²) in [5.41, 5.74) is 2.58. The number of nitrogens with two attached hydrogens (primary N) is 1. The van der Waals surface area contributed by atoms with Gasteiger partial charge in [-0.2, -0.15) is 0 Å². The van der Waals surface area contributed by atoms with Crippen LogP contribution in [-0.2, 0) is 4.74 Å². The second-order valence-electron chi connectivity index (χ2n) is 4.54. The highest BCUT2D eigenvalue weighted by molar-refractivity contribution is 5.48. The van der Waals surface area contributed by atoms with Crippen LogP contribution in [0.3, 0.4) is 0 Å². The van der Waals surface area contributed by atoms with Crippen LogP contribution in [0.1, 0.15) is 32.0 Å². The van der Waals surface area contributed by atoms with E-state index in [-0.39, 0.29) is 5.92 Å². The van der Waals surface area contributed by atoms with Gasteiger partial charge in [0, 0.05) is 39.3 Å². The number of anilines is 2. The van der Waals surface area contributed by atoms with Gasteiger partial charge in [0.15, 0.2) is 0 Å². The number of methoxy groups -OCH3 is 1. The molecule has 1 rings (SSSR count). The normalized spacial score (nSPS) is 10.8. The Bertz CT molecular complexity index is 369. The zero-order valence-electron chi connectivity index (χ0n) is 11.6. The summed E-state index contributed by atoms with van der Waals surface area (Å²) in [5.74, 6) is 8.00. The van der Waals surface area contributed by atoms with Gasteiger partial charge in [0.25, 0.3) is 0 Å².